The van der Waals surface area contributed by atoms with E-state index in [9.17, 15) is 14.0 Å². The molecule has 32 heavy (non-hydrogen) atoms. The molecule has 164 valence electrons. The highest BCUT2D eigenvalue weighted by molar-refractivity contribution is 5.76. The van der Waals surface area contributed by atoms with Gasteiger partial charge in [-0.1, -0.05) is 17.3 Å². The summed E-state index contributed by atoms with van der Waals surface area (Å²) in [5.41, 5.74) is 0.661. The maximum Gasteiger partial charge on any atom is 0.350 e. The van der Waals surface area contributed by atoms with E-state index in [-0.39, 0.29) is 35.9 Å². The Morgan fingerprint density at radius 3 is 3.00 bits per heavy atom. The summed E-state index contributed by atoms with van der Waals surface area (Å²) in [5, 5.41) is 11.0. The molecule has 1 amide bonds. The fourth-order valence-corrected chi connectivity index (χ4v) is 3.61. The Morgan fingerprint density at radius 1 is 1.28 bits per heavy atom. The smallest absolute Gasteiger partial charge is 0.350 e. The number of pyridine rings is 1. The number of benzene rings is 1. The van der Waals surface area contributed by atoms with Crippen LogP contribution in [0.25, 0.3) is 28.5 Å². The molecule has 0 unspecified atom stereocenters. The van der Waals surface area contributed by atoms with Crippen LogP contribution in [0.4, 0.5) is 4.39 Å². The number of aromatic nitrogens is 5. The highest BCUT2D eigenvalue weighted by Crippen LogP contribution is 2.24. The lowest BCUT2D eigenvalue weighted by Crippen LogP contribution is -2.36. The molecule has 1 N–H and O–H groups in total. The lowest BCUT2D eigenvalue weighted by Gasteiger charge is -2.10. The molecule has 0 saturated carbocycles. The lowest BCUT2D eigenvalue weighted by atomic mass is 10.2. The molecule has 4 aromatic rings. The number of hydrogen-bond donors (Lipinski definition) is 1. The third-order valence-electron chi connectivity index (χ3n) is 5.19. The maximum absolute atomic E-state index is 13.5. The van der Waals surface area contributed by atoms with Crippen molar-refractivity contribution in [1.29, 1.82) is 0 Å². The molecule has 5 rings (SSSR count). The minimum absolute atomic E-state index is 0.00755. The highest BCUT2D eigenvalue weighted by atomic mass is 19.1. The van der Waals surface area contributed by atoms with Crippen molar-refractivity contribution < 1.29 is 18.4 Å². The van der Waals surface area contributed by atoms with Gasteiger partial charge in [0.25, 0.3) is 5.89 Å². The first kappa shape index (κ1) is 20.1. The van der Waals surface area contributed by atoms with E-state index in [1.54, 1.807) is 30.5 Å². The summed E-state index contributed by atoms with van der Waals surface area (Å²) in [4.78, 5) is 29.3. The summed E-state index contributed by atoms with van der Waals surface area (Å²) < 4.78 is 26.7. The molecule has 0 radical (unpaired) electrons. The Labute approximate surface area is 180 Å². The summed E-state index contributed by atoms with van der Waals surface area (Å²) in [5.74, 6) is -0.426. The summed E-state index contributed by atoms with van der Waals surface area (Å²) in [6.45, 7) is 0.869. The minimum Gasteiger partial charge on any atom is -0.376 e. The van der Waals surface area contributed by atoms with Crippen LogP contribution in [-0.4, -0.2) is 49.5 Å². The van der Waals surface area contributed by atoms with Gasteiger partial charge in [-0.2, -0.15) is 4.98 Å². The van der Waals surface area contributed by atoms with Crippen molar-refractivity contribution >= 4 is 11.6 Å². The molecule has 10 nitrogen and oxygen atoms in total. The van der Waals surface area contributed by atoms with Crippen molar-refractivity contribution in [1.82, 2.24) is 29.6 Å². The van der Waals surface area contributed by atoms with Crippen molar-refractivity contribution in [3.8, 4) is 22.8 Å². The number of halogens is 1. The number of carbonyl (C=O) groups excluding carboxylic acids is 1. The molecule has 11 heteroatoms. The van der Waals surface area contributed by atoms with Gasteiger partial charge in [-0.05, 0) is 37.1 Å². The van der Waals surface area contributed by atoms with Crippen LogP contribution in [0.1, 0.15) is 12.8 Å². The highest BCUT2D eigenvalue weighted by Gasteiger charge is 2.20. The van der Waals surface area contributed by atoms with Crippen molar-refractivity contribution in [2.24, 2.45) is 0 Å². The van der Waals surface area contributed by atoms with E-state index in [1.165, 1.54) is 16.5 Å². The predicted octanol–water partition coefficient (Wildman–Crippen LogP) is 1.65. The molecule has 1 saturated heterocycles. The molecule has 0 aliphatic carbocycles. The Kier molecular flexibility index (Phi) is 5.23. The third-order valence-corrected chi connectivity index (χ3v) is 5.19. The first-order valence-electron chi connectivity index (χ1n) is 10.1. The molecule has 3 aromatic heterocycles. The van der Waals surface area contributed by atoms with E-state index >= 15 is 0 Å². The fraction of sp³-hybridized carbons (Fsp3) is 0.286. The van der Waals surface area contributed by atoms with Crippen LogP contribution in [0.15, 0.2) is 51.9 Å². The van der Waals surface area contributed by atoms with E-state index < -0.39 is 11.5 Å². The first-order chi connectivity index (χ1) is 15.6. The molecule has 4 heterocycles. The Balaban J connectivity index is 1.40. The van der Waals surface area contributed by atoms with Crippen LogP contribution in [0.2, 0.25) is 0 Å². The van der Waals surface area contributed by atoms with Crippen LogP contribution in [0.3, 0.4) is 0 Å². The van der Waals surface area contributed by atoms with Crippen molar-refractivity contribution in [2.75, 3.05) is 13.2 Å². The molecule has 0 bridgehead atoms. The van der Waals surface area contributed by atoms with Gasteiger partial charge in [0.15, 0.2) is 5.65 Å². The zero-order chi connectivity index (χ0) is 22.1. The summed E-state index contributed by atoms with van der Waals surface area (Å²) in [6, 6.07) is 9.13. The lowest BCUT2D eigenvalue weighted by molar-refractivity contribution is -0.122. The van der Waals surface area contributed by atoms with E-state index in [0.29, 0.717) is 24.3 Å². The molecular weight excluding hydrogens is 419 g/mol. The standard InChI is InChI=1S/C21H19FN6O4/c22-14-5-1-4-13(10-14)18-24-20(32-26-18)16-7-2-8-27-19(16)25-28(21(27)30)12-17(29)23-11-15-6-3-9-31-15/h1-2,4-5,7-8,10,15H,3,6,9,11-12H2,(H,23,29)/t15-/m1/s1. The number of amides is 1. The van der Waals surface area contributed by atoms with E-state index in [2.05, 4.69) is 20.6 Å². The zero-order valence-electron chi connectivity index (χ0n) is 16.9. The average molecular weight is 438 g/mol. The normalized spacial score (nSPS) is 16.0. The molecule has 1 aliphatic rings. The van der Waals surface area contributed by atoms with Gasteiger partial charge in [0.2, 0.25) is 11.7 Å². The second-order valence-electron chi connectivity index (χ2n) is 7.43. The third kappa shape index (κ3) is 3.89. The monoisotopic (exact) mass is 438 g/mol. The minimum atomic E-state index is -0.473. The summed E-state index contributed by atoms with van der Waals surface area (Å²) in [6.07, 6.45) is 3.43. The number of nitrogens with zero attached hydrogens (tertiary/aromatic N) is 5. The molecule has 0 spiro atoms. The van der Waals surface area contributed by atoms with Gasteiger partial charge in [0.05, 0.1) is 11.7 Å². The molecular formula is C21H19FN6O4. The molecule has 1 aromatic carbocycles. The van der Waals surface area contributed by atoms with Crippen molar-refractivity contribution in [3.05, 3.63) is 58.9 Å². The Bertz CT molecular complexity index is 1340. The molecule has 1 aliphatic heterocycles. The number of fused-ring (bicyclic) bond motifs is 1. The predicted molar refractivity (Wildman–Crippen MR) is 110 cm³/mol. The van der Waals surface area contributed by atoms with Gasteiger partial charge in [-0.15, -0.1) is 5.10 Å². The summed E-state index contributed by atoms with van der Waals surface area (Å²) >= 11 is 0. The van der Waals surface area contributed by atoms with Gasteiger partial charge < -0.3 is 14.6 Å². The van der Waals surface area contributed by atoms with Crippen LogP contribution in [0, 0.1) is 5.82 Å². The zero-order valence-corrected chi connectivity index (χ0v) is 16.9. The van der Waals surface area contributed by atoms with Gasteiger partial charge in [0, 0.05) is 24.9 Å². The van der Waals surface area contributed by atoms with Crippen LogP contribution in [0.5, 0.6) is 0 Å². The fourth-order valence-electron chi connectivity index (χ4n) is 3.61. The number of nitrogens with one attached hydrogen (secondary N) is 1. The Morgan fingerprint density at radius 2 is 2.19 bits per heavy atom. The largest absolute Gasteiger partial charge is 0.376 e. The summed E-state index contributed by atoms with van der Waals surface area (Å²) in [7, 11) is 0. The van der Waals surface area contributed by atoms with Crippen molar-refractivity contribution in [2.45, 2.75) is 25.5 Å². The average Bonchev–Trinajstić information content (AvgIpc) is 3.54. The first-order valence-corrected chi connectivity index (χ1v) is 10.1. The molecule has 1 fully saturated rings. The second kappa shape index (κ2) is 8.35. The van der Waals surface area contributed by atoms with Gasteiger partial charge >= 0.3 is 5.69 Å². The SMILES string of the molecule is O=C(Cn1nc2c(-c3nc(-c4cccc(F)c4)no3)cccn2c1=O)NC[C@H]1CCCO1. The molecule has 1 atom stereocenters. The van der Waals surface area contributed by atoms with Crippen LogP contribution >= 0.6 is 0 Å². The quantitative estimate of drug-likeness (QED) is 0.486. The van der Waals surface area contributed by atoms with Crippen molar-refractivity contribution in [3.63, 3.8) is 0 Å². The van der Waals surface area contributed by atoms with Gasteiger partial charge in [-0.3, -0.25) is 4.79 Å². The van der Waals surface area contributed by atoms with Crippen LogP contribution < -0.4 is 11.0 Å². The Hall–Kier alpha value is -3.86. The van der Waals surface area contributed by atoms with E-state index in [0.717, 1.165) is 17.5 Å². The number of carbonyl (C=O) groups is 1. The van der Waals surface area contributed by atoms with E-state index in [1.807, 2.05) is 0 Å². The van der Waals surface area contributed by atoms with E-state index in [4.69, 9.17) is 9.26 Å². The van der Waals surface area contributed by atoms with Gasteiger partial charge in [0.1, 0.15) is 12.4 Å². The maximum atomic E-state index is 13.5. The topological polar surface area (TPSA) is 117 Å². The van der Waals surface area contributed by atoms with Gasteiger partial charge in [-0.25, -0.2) is 18.3 Å². The van der Waals surface area contributed by atoms with Crippen LogP contribution in [-0.2, 0) is 16.1 Å². The second-order valence-corrected chi connectivity index (χ2v) is 7.43. The number of ether oxygens (including phenoxy) is 1. The number of hydrogen-bond acceptors (Lipinski definition) is 7. The number of rotatable bonds is 6.